The molecule has 0 amide bonds. The zero-order chi connectivity index (χ0) is 19.0. The van der Waals surface area contributed by atoms with E-state index in [1.807, 2.05) is 6.07 Å². The topological polar surface area (TPSA) is 71.5 Å². The fourth-order valence-corrected chi connectivity index (χ4v) is 2.97. The van der Waals surface area contributed by atoms with Crippen LogP contribution in [-0.4, -0.2) is 40.5 Å². The Kier molecular flexibility index (Phi) is 7.28. The molecule has 1 atom stereocenters. The molecule has 0 spiro atoms. The number of aliphatic carboxylic acids is 1. The van der Waals surface area contributed by atoms with E-state index in [1.165, 1.54) is 11.8 Å². The number of carbonyl (C=O) groups is 1. The summed E-state index contributed by atoms with van der Waals surface area (Å²) >= 11 is 1.29. The predicted molar refractivity (Wildman–Crippen MR) is 91.8 cm³/mol. The van der Waals surface area contributed by atoms with Crippen molar-refractivity contribution in [3.05, 3.63) is 60.2 Å². The number of nitrogens with zero attached hydrogens (tertiary/aromatic N) is 1. The van der Waals surface area contributed by atoms with Gasteiger partial charge in [0.05, 0.1) is 0 Å². The first-order valence-electron chi connectivity index (χ1n) is 7.61. The number of nitrogens with one attached hydrogen (secondary N) is 1. The lowest BCUT2D eigenvalue weighted by molar-refractivity contribution is -0.173. The molecule has 0 aliphatic rings. The summed E-state index contributed by atoms with van der Waals surface area (Å²) in [5, 5.41) is 11.5. The average Bonchev–Trinajstić information content (AvgIpc) is 2.60. The van der Waals surface area contributed by atoms with Crippen molar-refractivity contribution in [1.29, 1.82) is 0 Å². The van der Waals surface area contributed by atoms with Crippen molar-refractivity contribution in [2.45, 2.75) is 17.9 Å². The van der Waals surface area contributed by atoms with Crippen LogP contribution < -0.4 is 10.1 Å². The van der Waals surface area contributed by atoms with Gasteiger partial charge in [0.2, 0.25) is 0 Å². The fourth-order valence-electron chi connectivity index (χ4n) is 1.95. The molecule has 0 aliphatic carbocycles. The van der Waals surface area contributed by atoms with Crippen LogP contribution in [0, 0.1) is 5.82 Å². The summed E-state index contributed by atoms with van der Waals surface area (Å²) < 4.78 is 44.9. The van der Waals surface area contributed by atoms with E-state index in [4.69, 9.17) is 0 Å². The van der Waals surface area contributed by atoms with Gasteiger partial charge in [0.25, 0.3) is 0 Å². The van der Waals surface area contributed by atoms with Gasteiger partial charge in [-0.1, -0.05) is 6.07 Å². The molecule has 0 bridgehead atoms. The Hall–Kier alpha value is -2.26. The quantitative estimate of drug-likeness (QED) is 0.654. The lowest BCUT2D eigenvalue weighted by Gasteiger charge is -2.21. The highest BCUT2D eigenvalue weighted by Crippen LogP contribution is 2.21. The molecule has 1 aromatic carbocycles. The Morgan fingerprint density at radius 1 is 1.31 bits per heavy atom. The van der Waals surface area contributed by atoms with Crippen molar-refractivity contribution in [3.8, 4) is 5.75 Å². The zero-order valence-electron chi connectivity index (χ0n) is 13.6. The van der Waals surface area contributed by atoms with Crippen LogP contribution in [0.5, 0.6) is 5.75 Å². The molecule has 1 unspecified atom stereocenters. The minimum atomic E-state index is -3.64. The highest BCUT2D eigenvalue weighted by Gasteiger charge is 2.33. The third-order valence-electron chi connectivity index (χ3n) is 3.21. The summed E-state index contributed by atoms with van der Waals surface area (Å²) in [6.45, 7) is -0.991. The van der Waals surface area contributed by atoms with Gasteiger partial charge in [-0.25, -0.2) is 4.39 Å². The summed E-state index contributed by atoms with van der Waals surface area (Å²) in [6.07, 6.45) is -0.362. The summed E-state index contributed by atoms with van der Waals surface area (Å²) in [5.41, 5.74) is 0.909. The molecule has 2 N–H and O–H groups in total. The first-order chi connectivity index (χ1) is 12.4. The minimum Gasteiger partial charge on any atom is -0.480 e. The van der Waals surface area contributed by atoms with Crippen LogP contribution in [0.4, 0.5) is 13.2 Å². The normalized spacial score (nSPS) is 12.6. The Bertz CT molecular complexity index is 702. The van der Waals surface area contributed by atoms with Gasteiger partial charge >= 0.3 is 12.1 Å². The third-order valence-corrected chi connectivity index (χ3v) is 4.32. The van der Waals surface area contributed by atoms with Gasteiger partial charge in [-0.2, -0.15) is 20.5 Å². The van der Waals surface area contributed by atoms with E-state index < -0.39 is 30.5 Å². The van der Waals surface area contributed by atoms with Crippen LogP contribution in [0.1, 0.15) is 5.56 Å². The molecular weight excluding hydrogens is 369 g/mol. The van der Waals surface area contributed by atoms with Crippen molar-refractivity contribution in [2.24, 2.45) is 0 Å². The number of benzene rings is 1. The number of carboxylic acid groups (broad SMARTS) is 1. The second-order valence-corrected chi connectivity index (χ2v) is 6.37. The van der Waals surface area contributed by atoms with Gasteiger partial charge in [0.15, 0.2) is 0 Å². The van der Waals surface area contributed by atoms with Gasteiger partial charge in [-0.05, 0) is 35.9 Å². The van der Waals surface area contributed by atoms with Gasteiger partial charge in [0.1, 0.15) is 24.2 Å². The van der Waals surface area contributed by atoms with Crippen LogP contribution in [0.3, 0.4) is 0 Å². The molecule has 0 radical (unpaired) electrons. The van der Waals surface area contributed by atoms with Gasteiger partial charge < -0.3 is 9.84 Å². The third kappa shape index (κ3) is 6.93. The zero-order valence-corrected chi connectivity index (χ0v) is 14.4. The molecule has 2 aromatic rings. The van der Waals surface area contributed by atoms with Gasteiger partial charge in [0, 0.05) is 23.9 Å². The van der Waals surface area contributed by atoms with E-state index in [0.717, 1.165) is 29.8 Å². The van der Waals surface area contributed by atoms with Crippen molar-refractivity contribution < 1.29 is 27.8 Å². The summed E-state index contributed by atoms with van der Waals surface area (Å²) in [5.74, 6) is -1.41. The van der Waals surface area contributed by atoms with Crippen molar-refractivity contribution in [2.75, 3.05) is 12.3 Å². The van der Waals surface area contributed by atoms with Crippen molar-refractivity contribution in [1.82, 2.24) is 10.3 Å². The number of pyridine rings is 1. The Balaban J connectivity index is 1.82. The lowest BCUT2D eigenvalue weighted by Crippen LogP contribution is -2.47. The summed E-state index contributed by atoms with van der Waals surface area (Å²) in [4.78, 5) is 15.2. The minimum absolute atomic E-state index is 0.0941. The number of thioether (sulfide) groups is 1. The standard InChI is InChI=1S/C17H17F3N2O3S/c18-13-3-5-14(6-4-13)25-17(19,20)11-22-15(16(23)24)10-26-9-12-2-1-7-21-8-12/h1-8,15,22H,9-11H2,(H,23,24). The summed E-state index contributed by atoms with van der Waals surface area (Å²) in [7, 11) is 0. The molecule has 0 saturated heterocycles. The first-order valence-corrected chi connectivity index (χ1v) is 8.76. The molecule has 0 fully saturated rings. The fraction of sp³-hybridized carbons (Fsp3) is 0.294. The second kappa shape index (κ2) is 9.44. The Labute approximate surface area is 152 Å². The van der Waals surface area contributed by atoms with Gasteiger partial charge in [-0.15, -0.1) is 0 Å². The van der Waals surface area contributed by atoms with Gasteiger partial charge in [-0.3, -0.25) is 15.1 Å². The number of ether oxygens (including phenoxy) is 1. The van der Waals surface area contributed by atoms with Crippen molar-refractivity contribution >= 4 is 17.7 Å². The maximum absolute atomic E-state index is 13.8. The molecule has 1 heterocycles. The second-order valence-electron chi connectivity index (χ2n) is 5.34. The largest absolute Gasteiger partial charge is 0.480 e. The van der Waals surface area contributed by atoms with Crippen LogP contribution in [-0.2, 0) is 10.5 Å². The maximum atomic E-state index is 13.8. The van der Waals surface area contributed by atoms with E-state index >= 15 is 0 Å². The summed E-state index contributed by atoms with van der Waals surface area (Å²) in [6, 6.07) is 6.56. The van der Waals surface area contributed by atoms with E-state index in [1.54, 1.807) is 18.5 Å². The molecule has 0 aliphatic heterocycles. The molecular formula is C17H17F3N2O3S. The highest BCUT2D eigenvalue weighted by molar-refractivity contribution is 7.98. The predicted octanol–water partition coefficient (Wildman–Crippen LogP) is 3.17. The monoisotopic (exact) mass is 386 g/mol. The Morgan fingerprint density at radius 2 is 2.04 bits per heavy atom. The van der Waals surface area contributed by atoms with E-state index in [-0.39, 0.29) is 11.5 Å². The molecule has 9 heteroatoms. The first kappa shape index (κ1) is 20.1. The highest BCUT2D eigenvalue weighted by atomic mass is 32.2. The van der Waals surface area contributed by atoms with Crippen LogP contribution in [0.2, 0.25) is 0 Å². The SMILES string of the molecule is O=C(O)C(CSCc1cccnc1)NCC(F)(F)Oc1ccc(F)cc1. The average molecular weight is 386 g/mol. The number of hydrogen-bond acceptors (Lipinski definition) is 5. The van der Waals surface area contributed by atoms with Crippen molar-refractivity contribution in [3.63, 3.8) is 0 Å². The molecule has 5 nitrogen and oxygen atoms in total. The van der Waals surface area contributed by atoms with E-state index in [9.17, 15) is 23.1 Å². The number of aromatic nitrogens is 1. The number of alkyl halides is 2. The molecule has 1 aromatic heterocycles. The van der Waals surface area contributed by atoms with Crippen LogP contribution in [0.15, 0.2) is 48.8 Å². The molecule has 2 rings (SSSR count). The smallest absolute Gasteiger partial charge is 0.410 e. The number of halogens is 3. The molecule has 26 heavy (non-hydrogen) atoms. The lowest BCUT2D eigenvalue weighted by atomic mass is 10.3. The molecule has 0 saturated carbocycles. The van der Waals surface area contributed by atoms with E-state index in [2.05, 4.69) is 15.0 Å². The van der Waals surface area contributed by atoms with E-state index in [0.29, 0.717) is 5.75 Å². The Morgan fingerprint density at radius 3 is 2.65 bits per heavy atom. The number of carboxylic acids is 1. The van der Waals surface area contributed by atoms with Crippen LogP contribution in [0.25, 0.3) is 0 Å². The molecule has 140 valence electrons. The van der Waals surface area contributed by atoms with Crippen LogP contribution >= 0.6 is 11.8 Å². The number of rotatable bonds is 10. The maximum Gasteiger partial charge on any atom is 0.410 e. The number of hydrogen-bond donors (Lipinski definition) is 2.